The minimum absolute atomic E-state index is 0.0562. The first-order valence-electron chi connectivity index (χ1n) is 11.9. The molecule has 0 aliphatic carbocycles. The molecule has 36 heavy (non-hydrogen) atoms. The fourth-order valence-corrected chi connectivity index (χ4v) is 4.94. The molecule has 2 aliphatic heterocycles. The van der Waals surface area contributed by atoms with Crippen LogP contribution in [0.1, 0.15) is 72.1 Å². The van der Waals surface area contributed by atoms with Crippen molar-refractivity contribution >= 4 is 58.0 Å². The van der Waals surface area contributed by atoms with Crippen LogP contribution in [0.25, 0.3) is 0 Å². The maximum Gasteiger partial charge on any atom is 0.299 e. The summed E-state index contributed by atoms with van der Waals surface area (Å²) in [5.41, 5.74) is 0.843. The average Bonchev–Trinajstić information content (AvgIpc) is 3.20. The molecule has 2 heterocycles. The number of Topliss-reactive ketones (excluding diaryl/α,β-unsaturated/α-hetero) is 2. The summed E-state index contributed by atoms with van der Waals surface area (Å²) < 4.78 is 27.3. The van der Waals surface area contributed by atoms with Gasteiger partial charge in [0.1, 0.15) is 11.6 Å². The molecular weight excluding hydrogens is 513 g/mol. The third kappa shape index (κ3) is 5.15. The van der Waals surface area contributed by atoms with Crippen molar-refractivity contribution in [3.05, 3.63) is 57.1 Å². The second-order valence-corrected chi connectivity index (χ2v) is 9.78. The summed E-state index contributed by atoms with van der Waals surface area (Å²) in [7, 11) is 0. The molecule has 0 saturated heterocycles. The molecule has 0 atom stereocenters. The number of ketones is 2. The summed E-state index contributed by atoms with van der Waals surface area (Å²) in [5, 5.41) is -0.243. The third-order valence-electron chi connectivity index (χ3n) is 6.54. The van der Waals surface area contributed by atoms with Crippen molar-refractivity contribution in [3.8, 4) is 0 Å². The molecule has 2 amide bonds. The lowest BCUT2D eigenvalue weighted by Gasteiger charge is -2.17. The topological polar surface area (TPSA) is 74.8 Å². The van der Waals surface area contributed by atoms with Crippen LogP contribution < -0.4 is 9.80 Å². The second-order valence-electron chi connectivity index (χ2n) is 8.97. The molecule has 0 N–H and O–H groups in total. The number of hydrogen-bond acceptors (Lipinski definition) is 4. The van der Waals surface area contributed by atoms with Crippen molar-refractivity contribution in [1.82, 2.24) is 0 Å². The van der Waals surface area contributed by atoms with E-state index in [9.17, 15) is 28.0 Å². The molecule has 6 nitrogen and oxygen atoms in total. The van der Waals surface area contributed by atoms with Crippen LogP contribution in [0.5, 0.6) is 0 Å². The van der Waals surface area contributed by atoms with Crippen molar-refractivity contribution in [2.24, 2.45) is 0 Å². The first-order valence-corrected chi connectivity index (χ1v) is 12.7. The number of unbranched alkanes of at least 4 members (excludes halogenated alkanes) is 7. The number of nitrogens with zero attached hydrogens (tertiary/aromatic N) is 2. The van der Waals surface area contributed by atoms with Crippen molar-refractivity contribution in [1.29, 1.82) is 0 Å². The molecule has 0 spiro atoms. The lowest BCUT2D eigenvalue weighted by Crippen LogP contribution is -2.30. The van der Waals surface area contributed by atoms with E-state index in [2.05, 4.69) is 0 Å². The quantitative estimate of drug-likeness (QED) is 0.255. The van der Waals surface area contributed by atoms with Gasteiger partial charge < -0.3 is 9.80 Å². The van der Waals surface area contributed by atoms with E-state index >= 15 is 0 Å². The van der Waals surface area contributed by atoms with Gasteiger partial charge in [0.2, 0.25) is 0 Å². The monoisotopic (exact) mass is 536 g/mol. The number of amides is 2. The van der Waals surface area contributed by atoms with Gasteiger partial charge in [0.15, 0.2) is 0 Å². The van der Waals surface area contributed by atoms with Gasteiger partial charge in [0, 0.05) is 13.1 Å². The average molecular weight is 537 g/mol. The zero-order chi connectivity index (χ0) is 26.0. The Morgan fingerprint density at radius 2 is 0.889 bits per heavy atom. The largest absolute Gasteiger partial charge is 0.305 e. The highest BCUT2D eigenvalue weighted by Gasteiger charge is 2.37. The molecule has 190 valence electrons. The van der Waals surface area contributed by atoms with Crippen molar-refractivity contribution in [3.63, 3.8) is 0 Å². The molecule has 0 saturated carbocycles. The van der Waals surface area contributed by atoms with Gasteiger partial charge >= 0.3 is 0 Å². The molecule has 0 fully saturated rings. The normalized spacial score (nSPS) is 14.8. The first-order chi connectivity index (χ1) is 17.2. The minimum atomic E-state index is -0.719. The summed E-state index contributed by atoms with van der Waals surface area (Å²) in [6.45, 7) is 0.745. The molecule has 2 aliphatic rings. The van der Waals surface area contributed by atoms with Gasteiger partial charge in [-0.15, -0.1) is 0 Å². The van der Waals surface area contributed by atoms with E-state index in [4.69, 9.17) is 23.2 Å². The van der Waals surface area contributed by atoms with Gasteiger partial charge in [-0.1, -0.05) is 61.7 Å². The van der Waals surface area contributed by atoms with E-state index in [0.717, 1.165) is 50.7 Å². The van der Waals surface area contributed by atoms with Crippen molar-refractivity contribution in [2.75, 3.05) is 22.9 Å². The summed E-state index contributed by atoms with van der Waals surface area (Å²) in [6.07, 6.45) is 7.09. The van der Waals surface area contributed by atoms with Crippen LogP contribution in [0, 0.1) is 11.6 Å². The summed E-state index contributed by atoms with van der Waals surface area (Å²) in [6, 6.07) is 4.68. The van der Waals surface area contributed by atoms with Crippen molar-refractivity contribution in [2.45, 2.75) is 51.4 Å². The van der Waals surface area contributed by atoms with Gasteiger partial charge in [-0.25, -0.2) is 8.78 Å². The lowest BCUT2D eigenvalue weighted by molar-refractivity contribution is -0.114. The van der Waals surface area contributed by atoms with E-state index in [1.165, 1.54) is 21.9 Å². The van der Waals surface area contributed by atoms with E-state index < -0.39 is 35.0 Å². The maximum atomic E-state index is 13.6. The Kier molecular flexibility index (Phi) is 8.05. The summed E-state index contributed by atoms with van der Waals surface area (Å²) >= 11 is 11.6. The van der Waals surface area contributed by atoms with Gasteiger partial charge in [-0.2, -0.15) is 0 Å². The van der Waals surface area contributed by atoms with Crippen molar-refractivity contribution < 1.29 is 28.0 Å². The number of benzene rings is 2. The Hall–Kier alpha value is -2.84. The number of carbonyl (C=O) groups excluding carboxylic acids is 4. The zero-order valence-corrected chi connectivity index (χ0v) is 20.9. The minimum Gasteiger partial charge on any atom is -0.305 e. The molecule has 0 aromatic heterocycles. The highest BCUT2D eigenvalue weighted by atomic mass is 35.5. The van der Waals surface area contributed by atoms with Gasteiger partial charge in [0.05, 0.1) is 32.5 Å². The Morgan fingerprint density at radius 3 is 1.25 bits per heavy atom. The molecule has 4 rings (SSSR count). The molecule has 2 aromatic carbocycles. The van der Waals surface area contributed by atoms with Crippen LogP contribution in [0.3, 0.4) is 0 Å². The highest BCUT2D eigenvalue weighted by molar-refractivity contribution is 6.53. The number of anilines is 2. The van der Waals surface area contributed by atoms with Gasteiger partial charge in [-0.3, -0.25) is 19.2 Å². The van der Waals surface area contributed by atoms with Gasteiger partial charge in [-0.05, 0) is 37.1 Å². The molecule has 2 aromatic rings. The van der Waals surface area contributed by atoms with Gasteiger partial charge in [0.25, 0.3) is 23.4 Å². The summed E-state index contributed by atoms with van der Waals surface area (Å²) in [5.74, 6) is -4.16. The maximum absolute atomic E-state index is 13.6. The van der Waals surface area contributed by atoms with E-state index in [1.54, 1.807) is 0 Å². The summed E-state index contributed by atoms with van der Waals surface area (Å²) in [4.78, 5) is 51.4. The SMILES string of the molecule is O=C1C(=O)N(CCCCCCCCCCN2C(=O)C(=O)c3cc(F)c(Cl)cc32)c2cc(Cl)c(F)cc21. The standard InChI is InChI=1S/C26H24Cl2F2N2O4/c27-17-13-21-15(11-19(17)29)23(33)25(35)31(21)9-7-5-3-1-2-4-6-8-10-32-22-14-18(28)20(30)12-16(22)24(34)26(32)36/h11-14H,1-10H2. The highest BCUT2D eigenvalue weighted by Crippen LogP contribution is 2.35. The molecule has 0 bridgehead atoms. The fraction of sp³-hybridized carbons (Fsp3) is 0.385. The zero-order valence-electron chi connectivity index (χ0n) is 19.4. The predicted octanol–water partition coefficient (Wildman–Crippen LogP) is 6.15. The van der Waals surface area contributed by atoms with Crippen LogP contribution in [0.2, 0.25) is 10.0 Å². The Bertz CT molecular complexity index is 1160. The number of halogens is 4. The molecule has 0 radical (unpaired) electrons. The smallest absolute Gasteiger partial charge is 0.299 e. The molecule has 0 unspecified atom stereocenters. The Balaban J connectivity index is 1.12. The van der Waals surface area contributed by atoms with Crippen LogP contribution >= 0.6 is 23.2 Å². The number of fused-ring (bicyclic) bond motifs is 2. The number of hydrogen-bond donors (Lipinski definition) is 0. The van der Waals surface area contributed by atoms with E-state index in [-0.39, 0.29) is 21.2 Å². The second kappa shape index (κ2) is 11.0. The predicted molar refractivity (Wildman–Crippen MR) is 133 cm³/mol. The van der Waals surface area contributed by atoms with E-state index in [1.807, 2.05) is 0 Å². The lowest BCUT2D eigenvalue weighted by atomic mass is 10.1. The van der Waals surface area contributed by atoms with Crippen LogP contribution in [-0.2, 0) is 9.59 Å². The molecular formula is C26H24Cl2F2N2O4. The van der Waals surface area contributed by atoms with E-state index in [0.29, 0.717) is 37.3 Å². The van der Waals surface area contributed by atoms with Crippen LogP contribution in [-0.4, -0.2) is 36.5 Å². The number of carbonyl (C=O) groups is 4. The fourth-order valence-electron chi connectivity index (χ4n) is 4.62. The Morgan fingerprint density at radius 1 is 0.556 bits per heavy atom. The Labute approximate surface area is 217 Å². The molecule has 10 heteroatoms. The third-order valence-corrected chi connectivity index (χ3v) is 7.12. The van der Waals surface area contributed by atoms with Crippen LogP contribution in [0.15, 0.2) is 24.3 Å². The van der Waals surface area contributed by atoms with Crippen LogP contribution in [0.4, 0.5) is 20.2 Å². The number of rotatable bonds is 11. The first kappa shape index (κ1) is 26.2.